The lowest BCUT2D eigenvalue weighted by Gasteiger charge is -2.24. The first kappa shape index (κ1) is 16.1. The number of alkyl halides is 3. The molecule has 0 aliphatic carbocycles. The third-order valence-electron chi connectivity index (χ3n) is 2.79. The van der Waals surface area contributed by atoms with Crippen LogP contribution in [0.5, 0.6) is 0 Å². The Labute approximate surface area is 115 Å². The lowest BCUT2D eigenvalue weighted by molar-refractivity contribution is -0.137. The fourth-order valence-electron chi connectivity index (χ4n) is 1.59. The van der Waals surface area contributed by atoms with Crippen molar-refractivity contribution in [2.75, 3.05) is 19.0 Å². The highest BCUT2D eigenvalue weighted by atomic mass is 35.5. The van der Waals surface area contributed by atoms with Crippen LogP contribution in [0.15, 0.2) is 18.2 Å². The van der Waals surface area contributed by atoms with Gasteiger partial charge in [0.1, 0.15) is 0 Å². The molecule has 1 unspecified atom stereocenters. The van der Waals surface area contributed by atoms with Gasteiger partial charge in [-0.1, -0.05) is 25.4 Å². The SMILES string of the molecule is COCC(Nc1cc(C(F)(F)F)ccc1Cl)C(C)C. The zero-order valence-corrected chi connectivity index (χ0v) is 11.8. The van der Waals surface area contributed by atoms with Crippen LogP contribution in [0.1, 0.15) is 19.4 Å². The third kappa shape index (κ3) is 4.58. The van der Waals surface area contributed by atoms with Crippen LogP contribution in [-0.4, -0.2) is 19.8 Å². The van der Waals surface area contributed by atoms with Crippen LogP contribution in [0.25, 0.3) is 0 Å². The highest BCUT2D eigenvalue weighted by Gasteiger charge is 2.31. The minimum Gasteiger partial charge on any atom is -0.383 e. The first-order valence-corrected chi connectivity index (χ1v) is 6.25. The van der Waals surface area contributed by atoms with Gasteiger partial charge in [0.2, 0.25) is 0 Å². The minimum absolute atomic E-state index is 0.106. The van der Waals surface area contributed by atoms with Gasteiger partial charge in [-0.3, -0.25) is 0 Å². The molecule has 2 nitrogen and oxygen atoms in total. The van der Waals surface area contributed by atoms with E-state index < -0.39 is 11.7 Å². The summed E-state index contributed by atoms with van der Waals surface area (Å²) in [5.74, 6) is 0.200. The van der Waals surface area contributed by atoms with Crippen LogP contribution in [0.2, 0.25) is 5.02 Å². The smallest absolute Gasteiger partial charge is 0.383 e. The van der Waals surface area contributed by atoms with Gasteiger partial charge >= 0.3 is 6.18 Å². The normalized spacial score (nSPS) is 13.7. The Balaban J connectivity index is 2.99. The summed E-state index contributed by atoms with van der Waals surface area (Å²) in [5.41, 5.74) is -0.452. The van der Waals surface area contributed by atoms with E-state index in [4.69, 9.17) is 16.3 Å². The Hall–Kier alpha value is -0.940. The van der Waals surface area contributed by atoms with Crippen molar-refractivity contribution < 1.29 is 17.9 Å². The molecule has 108 valence electrons. The van der Waals surface area contributed by atoms with Crippen molar-refractivity contribution in [3.05, 3.63) is 28.8 Å². The standard InChI is InChI=1S/C13H17ClF3NO/c1-8(2)12(7-19-3)18-11-6-9(13(15,16)17)4-5-10(11)14/h4-6,8,12,18H,7H2,1-3H3. The number of hydrogen-bond acceptors (Lipinski definition) is 2. The molecule has 0 saturated carbocycles. The molecule has 0 amide bonds. The van der Waals surface area contributed by atoms with Crippen LogP contribution >= 0.6 is 11.6 Å². The number of rotatable bonds is 5. The lowest BCUT2D eigenvalue weighted by Crippen LogP contribution is -2.30. The van der Waals surface area contributed by atoms with Crippen molar-refractivity contribution in [1.29, 1.82) is 0 Å². The second-order valence-corrected chi connectivity index (χ2v) is 5.05. The van der Waals surface area contributed by atoms with Gasteiger partial charge < -0.3 is 10.1 Å². The number of anilines is 1. The maximum atomic E-state index is 12.6. The Morgan fingerprint density at radius 1 is 1.32 bits per heavy atom. The summed E-state index contributed by atoms with van der Waals surface area (Å²) >= 11 is 5.92. The Morgan fingerprint density at radius 2 is 1.95 bits per heavy atom. The predicted octanol–water partition coefficient (Wildman–Crippen LogP) is 4.44. The van der Waals surface area contributed by atoms with Crippen molar-refractivity contribution in [1.82, 2.24) is 0 Å². The number of halogens is 4. The molecule has 1 atom stereocenters. The first-order chi connectivity index (χ1) is 8.75. The van der Waals surface area contributed by atoms with Crippen molar-refractivity contribution in [3.63, 3.8) is 0 Å². The molecular formula is C13H17ClF3NO. The van der Waals surface area contributed by atoms with Crippen LogP contribution < -0.4 is 5.32 Å². The van der Waals surface area contributed by atoms with Gasteiger partial charge in [0.15, 0.2) is 0 Å². The highest BCUT2D eigenvalue weighted by Crippen LogP contribution is 2.34. The van der Waals surface area contributed by atoms with Crippen molar-refractivity contribution in [2.45, 2.75) is 26.1 Å². The van der Waals surface area contributed by atoms with Crippen molar-refractivity contribution in [3.8, 4) is 0 Å². The predicted molar refractivity (Wildman–Crippen MR) is 70.6 cm³/mol. The molecule has 0 aliphatic heterocycles. The van der Waals surface area contributed by atoms with Gasteiger partial charge in [0.25, 0.3) is 0 Å². The highest BCUT2D eigenvalue weighted by molar-refractivity contribution is 6.33. The molecule has 1 rings (SSSR count). The molecule has 0 saturated heterocycles. The second kappa shape index (κ2) is 6.48. The lowest BCUT2D eigenvalue weighted by atomic mass is 10.0. The molecule has 6 heteroatoms. The van der Waals surface area contributed by atoms with Gasteiger partial charge in [-0.05, 0) is 24.1 Å². The molecule has 0 bridgehead atoms. The average Bonchev–Trinajstić information content (AvgIpc) is 2.29. The van der Waals surface area contributed by atoms with E-state index in [2.05, 4.69) is 5.32 Å². The van der Waals surface area contributed by atoms with Crippen molar-refractivity contribution >= 4 is 17.3 Å². The maximum absolute atomic E-state index is 12.6. The summed E-state index contributed by atoms with van der Waals surface area (Å²) in [6.07, 6.45) is -4.38. The third-order valence-corrected chi connectivity index (χ3v) is 3.12. The molecule has 0 heterocycles. The average molecular weight is 296 g/mol. The van der Waals surface area contributed by atoms with E-state index in [0.717, 1.165) is 12.1 Å². The number of benzene rings is 1. The van der Waals surface area contributed by atoms with E-state index in [1.807, 2.05) is 13.8 Å². The summed E-state index contributed by atoms with van der Waals surface area (Å²) in [6.45, 7) is 4.31. The van der Waals surface area contributed by atoms with Crippen LogP contribution in [0.3, 0.4) is 0 Å². The van der Waals surface area contributed by atoms with Crippen LogP contribution in [0.4, 0.5) is 18.9 Å². The topological polar surface area (TPSA) is 21.3 Å². The Kier molecular flexibility index (Phi) is 5.50. The first-order valence-electron chi connectivity index (χ1n) is 5.88. The van der Waals surface area contributed by atoms with Crippen LogP contribution in [-0.2, 0) is 10.9 Å². The van der Waals surface area contributed by atoms with Gasteiger partial charge in [0, 0.05) is 7.11 Å². The number of hydrogen-bond donors (Lipinski definition) is 1. The number of ether oxygens (including phenoxy) is 1. The van der Waals surface area contributed by atoms with Gasteiger partial charge in [-0.2, -0.15) is 13.2 Å². The zero-order valence-electron chi connectivity index (χ0n) is 11.0. The Morgan fingerprint density at radius 3 is 2.42 bits per heavy atom. The van der Waals surface area contributed by atoms with E-state index in [1.54, 1.807) is 7.11 Å². The largest absolute Gasteiger partial charge is 0.416 e. The van der Waals surface area contributed by atoms with Gasteiger partial charge in [0.05, 0.1) is 28.9 Å². The second-order valence-electron chi connectivity index (χ2n) is 4.64. The molecule has 0 aromatic heterocycles. The van der Waals surface area contributed by atoms with E-state index in [-0.39, 0.29) is 22.7 Å². The molecule has 0 radical (unpaired) electrons. The summed E-state index contributed by atoms with van der Waals surface area (Å²) in [6, 6.07) is 3.13. The van der Waals surface area contributed by atoms with Crippen LogP contribution in [0, 0.1) is 5.92 Å². The van der Waals surface area contributed by atoms with E-state index in [9.17, 15) is 13.2 Å². The molecular weight excluding hydrogens is 279 g/mol. The summed E-state index contributed by atoms with van der Waals surface area (Å²) < 4.78 is 43.0. The molecule has 1 N–H and O–H groups in total. The minimum atomic E-state index is -4.38. The number of nitrogens with one attached hydrogen (secondary N) is 1. The molecule has 0 aliphatic rings. The van der Waals surface area contributed by atoms with Gasteiger partial charge in [-0.15, -0.1) is 0 Å². The summed E-state index contributed by atoms with van der Waals surface area (Å²) in [5, 5.41) is 3.26. The van der Waals surface area contributed by atoms with Crippen molar-refractivity contribution in [2.24, 2.45) is 5.92 Å². The van der Waals surface area contributed by atoms with E-state index >= 15 is 0 Å². The van der Waals surface area contributed by atoms with E-state index in [0.29, 0.717) is 6.61 Å². The Bertz CT molecular complexity index is 421. The fraction of sp³-hybridized carbons (Fsp3) is 0.538. The molecule has 1 aromatic rings. The zero-order chi connectivity index (χ0) is 14.6. The molecule has 19 heavy (non-hydrogen) atoms. The fourth-order valence-corrected chi connectivity index (χ4v) is 1.76. The summed E-state index contributed by atoms with van der Waals surface area (Å²) in [4.78, 5) is 0. The van der Waals surface area contributed by atoms with E-state index in [1.165, 1.54) is 6.07 Å². The molecule has 1 aromatic carbocycles. The van der Waals surface area contributed by atoms with Gasteiger partial charge in [-0.25, -0.2) is 0 Å². The number of methoxy groups -OCH3 is 1. The molecule has 0 fully saturated rings. The summed E-state index contributed by atoms with van der Waals surface area (Å²) in [7, 11) is 1.55. The molecule has 0 spiro atoms. The maximum Gasteiger partial charge on any atom is 0.416 e. The quantitative estimate of drug-likeness (QED) is 0.867. The monoisotopic (exact) mass is 295 g/mol.